The fraction of sp³-hybridized carbons (Fsp3) is 0.556. The lowest BCUT2D eigenvalue weighted by molar-refractivity contribution is -0.144. The third-order valence-corrected chi connectivity index (χ3v) is 4.89. The predicted molar refractivity (Wildman–Crippen MR) is 90.2 cm³/mol. The number of carbonyl (C=O) groups is 2. The molecule has 3 rings (SSSR count). The molecule has 0 atom stereocenters. The lowest BCUT2D eigenvalue weighted by Crippen LogP contribution is -2.53. The number of hydrogen-bond acceptors (Lipinski definition) is 3. The van der Waals surface area contributed by atoms with Crippen molar-refractivity contribution in [3.8, 4) is 0 Å². The van der Waals surface area contributed by atoms with Gasteiger partial charge in [0.1, 0.15) is 11.2 Å². The molecule has 0 aromatic heterocycles. The summed E-state index contributed by atoms with van der Waals surface area (Å²) in [5.74, 6) is -0.397. The number of hydrogen-bond donors (Lipinski definition) is 1. The zero-order valence-corrected chi connectivity index (χ0v) is 14.1. The van der Waals surface area contributed by atoms with E-state index in [9.17, 15) is 14.0 Å². The molecule has 2 amide bonds. The summed E-state index contributed by atoms with van der Waals surface area (Å²) in [6.45, 7) is 5.20. The zero-order chi connectivity index (χ0) is 17.2. The van der Waals surface area contributed by atoms with E-state index >= 15 is 0 Å². The van der Waals surface area contributed by atoms with Crippen LogP contribution in [-0.2, 0) is 9.59 Å². The average Bonchev–Trinajstić information content (AvgIpc) is 3.42. The average molecular weight is 333 g/mol. The zero-order valence-electron chi connectivity index (χ0n) is 14.1. The molecule has 1 saturated heterocycles. The molecular formula is C18H24FN3O2. The second-order valence-corrected chi connectivity index (χ2v) is 6.59. The summed E-state index contributed by atoms with van der Waals surface area (Å²) in [7, 11) is 0. The molecule has 1 N–H and O–H groups in total. The van der Waals surface area contributed by atoms with Gasteiger partial charge in [-0.15, -0.1) is 0 Å². The SMILES string of the molecule is CCCNC(=O)C1(C(=O)N2CCN(c3ccc(F)cc3)CC2)CC1. The van der Waals surface area contributed by atoms with Gasteiger partial charge in [-0.3, -0.25) is 9.59 Å². The van der Waals surface area contributed by atoms with Gasteiger partial charge in [0.25, 0.3) is 0 Å². The highest BCUT2D eigenvalue weighted by atomic mass is 19.1. The largest absolute Gasteiger partial charge is 0.368 e. The Balaban J connectivity index is 1.57. The number of piperazine rings is 1. The summed E-state index contributed by atoms with van der Waals surface area (Å²) < 4.78 is 13.0. The van der Waals surface area contributed by atoms with Crippen molar-refractivity contribution in [1.29, 1.82) is 0 Å². The van der Waals surface area contributed by atoms with Crippen LogP contribution in [0.25, 0.3) is 0 Å². The highest BCUT2D eigenvalue weighted by Gasteiger charge is 2.57. The summed E-state index contributed by atoms with van der Waals surface area (Å²) in [5.41, 5.74) is 0.151. The molecule has 0 radical (unpaired) electrons. The molecule has 0 spiro atoms. The Kier molecular flexibility index (Phi) is 4.73. The topological polar surface area (TPSA) is 52.7 Å². The minimum absolute atomic E-state index is 0.0325. The maximum absolute atomic E-state index is 13.0. The van der Waals surface area contributed by atoms with Gasteiger partial charge in [0.15, 0.2) is 0 Å². The van der Waals surface area contributed by atoms with Crippen LogP contribution in [0.2, 0.25) is 0 Å². The first kappa shape index (κ1) is 16.7. The first-order chi connectivity index (χ1) is 11.6. The Morgan fingerprint density at radius 2 is 1.75 bits per heavy atom. The van der Waals surface area contributed by atoms with Crippen molar-refractivity contribution >= 4 is 17.5 Å². The number of nitrogens with one attached hydrogen (secondary N) is 1. The number of rotatable bonds is 5. The molecule has 2 aliphatic rings. The van der Waals surface area contributed by atoms with E-state index in [2.05, 4.69) is 10.2 Å². The maximum atomic E-state index is 13.0. The molecule has 1 aromatic rings. The lowest BCUT2D eigenvalue weighted by Gasteiger charge is -2.37. The first-order valence-electron chi connectivity index (χ1n) is 8.65. The van der Waals surface area contributed by atoms with Crippen LogP contribution >= 0.6 is 0 Å². The Hall–Kier alpha value is -2.11. The molecule has 1 aromatic carbocycles. The van der Waals surface area contributed by atoms with Crippen molar-refractivity contribution in [2.75, 3.05) is 37.6 Å². The number of halogens is 1. The Morgan fingerprint density at radius 1 is 1.12 bits per heavy atom. The quantitative estimate of drug-likeness (QED) is 0.836. The Morgan fingerprint density at radius 3 is 2.29 bits per heavy atom. The van der Waals surface area contributed by atoms with Crippen LogP contribution in [0.15, 0.2) is 24.3 Å². The molecule has 1 aliphatic heterocycles. The number of anilines is 1. The van der Waals surface area contributed by atoms with Crippen molar-refractivity contribution in [2.24, 2.45) is 5.41 Å². The Bertz CT molecular complexity index is 605. The molecule has 2 fully saturated rings. The summed E-state index contributed by atoms with van der Waals surface area (Å²) in [6, 6.07) is 6.41. The van der Waals surface area contributed by atoms with Crippen LogP contribution in [0.4, 0.5) is 10.1 Å². The van der Waals surface area contributed by atoms with Crippen LogP contribution in [0, 0.1) is 11.2 Å². The van der Waals surface area contributed by atoms with Crippen molar-refractivity contribution in [1.82, 2.24) is 10.2 Å². The van der Waals surface area contributed by atoms with Gasteiger partial charge < -0.3 is 15.1 Å². The Labute approximate surface area is 141 Å². The van der Waals surface area contributed by atoms with Crippen LogP contribution in [0.3, 0.4) is 0 Å². The summed E-state index contributed by atoms with van der Waals surface area (Å²) in [6.07, 6.45) is 2.17. The van der Waals surface area contributed by atoms with E-state index in [1.807, 2.05) is 6.92 Å². The number of nitrogens with zero attached hydrogens (tertiary/aromatic N) is 2. The van der Waals surface area contributed by atoms with Crippen molar-refractivity contribution in [3.05, 3.63) is 30.1 Å². The maximum Gasteiger partial charge on any atom is 0.238 e. The first-order valence-corrected chi connectivity index (χ1v) is 8.65. The molecule has 1 saturated carbocycles. The third-order valence-electron chi connectivity index (χ3n) is 4.89. The van der Waals surface area contributed by atoms with Gasteiger partial charge in [-0.2, -0.15) is 0 Å². The second-order valence-electron chi connectivity index (χ2n) is 6.59. The minimum atomic E-state index is -0.812. The highest BCUT2D eigenvalue weighted by Crippen LogP contribution is 2.47. The van der Waals surface area contributed by atoms with Gasteiger partial charge in [-0.1, -0.05) is 6.92 Å². The fourth-order valence-electron chi connectivity index (χ4n) is 3.19. The normalized spacial score (nSPS) is 19.1. The molecule has 0 bridgehead atoms. The standard InChI is InChI=1S/C18H24FN3O2/c1-2-9-20-16(23)18(7-8-18)17(24)22-12-10-21(11-13-22)15-5-3-14(19)4-6-15/h3-6H,2,7-13H2,1H3,(H,20,23). The monoisotopic (exact) mass is 333 g/mol. The van der Waals surface area contributed by atoms with E-state index in [1.165, 1.54) is 12.1 Å². The summed E-state index contributed by atoms with van der Waals surface area (Å²) in [5, 5.41) is 2.86. The van der Waals surface area contributed by atoms with E-state index in [4.69, 9.17) is 0 Å². The van der Waals surface area contributed by atoms with Gasteiger partial charge in [-0.25, -0.2) is 4.39 Å². The molecule has 0 unspecified atom stereocenters. The van der Waals surface area contributed by atoms with E-state index in [0.717, 1.165) is 12.1 Å². The van der Waals surface area contributed by atoms with Crippen molar-refractivity contribution < 1.29 is 14.0 Å². The molecule has 1 heterocycles. The van der Waals surface area contributed by atoms with Gasteiger partial charge >= 0.3 is 0 Å². The van der Waals surface area contributed by atoms with E-state index in [1.54, 1.807) is 17.0 Å². The van der Waals surface area contributed by atoms with Crippen LogP contribution < -0.4 is 10.2 Å². The fourth-order valence-corrected chi connectivity index (χ4v) is 3.19. The molecular weight excluding hydrogens is 309 g/mol. The minimum Gasteiger partial charge on any atom is -0.368 e. The second kappa shape index (κ2) is 6.79. The van der Waals surface area contributed by atoms with E-state index < -0.39 is 5.41 Å². The van der Waals surface area contributed by atoms with Gasteiger partial charge in [0.05, 0.1) is 0 Å². The predicted octanol–water partition coefficient (Wildman–Crippen LogP) is 1.78. The van der Waals surface area contributed by atoms with Gasteiger partial charge in [0.2, 0.25) is 11.8 Å². The summed E-state index contributed by atoms with van der Waals surface area (Å²) >= 11 is 0. The highest BCUT2D eigenvalue weighted by molar-refractivity contribution is 6.07. The number of carbonyl (C=O) groups excluding carboxylic acids is 2. The van der Waals surface area contributed by atoms with Gasteiger partial charge in [-0.05, 0) is 43.5 Å². The molecule has 24 heavy (non-hydrogen) atoms. The molecule has 5 nitrogen and oxygen atoms in total. The lowest BCUT2D eigenvalue weighted by atomic mass is 10.0. The van der Waals surface area contributed by atoms with Crippen LogP contribution in [-0.4, -0.2) is 49.4 Å². The van der Waals surface area contributed by atoms with Gasteiger partial charge in [0, 0.05) is 38.4 Å². The number of benzene rings is 1. The van der Waals surface area contributed by atoms with Crippen molar-refractivity contribution in [2.45, 2.75) is 26.2 Å². The summed E-state index contributed by atoms with van der Waals surface area (Å²) in [4.78, 5) is 29.0. The third kappa shape index (κ3) is 3.23. The van der Waals surface area contributed by atoms with Crippen LogP contribution in [0.1, 0.15) is 26.2 Å². The molecule has 1 aliphatic carbocycles. The van der Waals surface area contributed by atoms with Crippen molar-refractivity contribution in [3.63, 3.8) is 0 Å². The van der Waals surface area contributed by atoms with E-state index in [0.29, 0.717) is 45.6 Å². The number of amides is 2. The van der Waals surface area contributed by atoms with E-state index in [-0.39, 0.29) is 17.6 Å². The molecule has 6 heteroatoms. The van der Waals surface area contributed by atoms with Crippen LogP contribution in [0.5, 0.6) is 0 Å². The molecule has 130 valence electrons. The smallest absolute Gasteiger partial charge is 0.238 e.